The lowest BCUT2D eigenvalue weighted by molar-refractivity contribution is -0.151. The molecule has 2 heterocycles. The van der Waals surface area contributed by atoms with E-state index in [4.69, 9.17) is 9.47 Å². The molecule has 0 unspecified atom stereocenters. The van der Waals surface area contributed by atoms with Gasteiger partial charge in [0.1, 0.15) is 12.5 Å². The molecule has 6 nitrogen and oxygen atoms in total. The van der Waals surface area contributed by atoms with E-state index in [0.29, 0.717) is 29.9 Å². The first kappa shape index (κ1) is 23.6. The highest BCUT2D eigenvalue weighted by molar-refractivity contribution is 7.99. The number of esters is 2. The molecule has 1 aliphatic heterocycles. The number of carbonyl (C=O) groups excluding carboxylic acids is 3. The van der Waals surface area contributed by atoms with Crippen molar-refractivity contribution >= 4 is 40.8 Å². The summed E-state index contributed by atoms with van der Waals surface area (Å²) in [6, 6.07) is 3.93. The SMILES string of the molecule is CCSCCOC(=O)C1=C(C)NC2=C(C(=O)[C@H](C(=O)OC)[C@@H](C)C2)[C@@H]1c1ccc(C)s1. The van der Waals surface area contributed by atoms with Gasteiger partial charge in [0.05, 0.1) is 18.6 Å². The molecular weight excluding hydrogens is 434 g/mol. The smallest absolute Gasteiger partial charge is 0.336 e. The third-order valence-corrected chi connectivity index (χ3v) is 7.60. The average Bonchev–Trinajstić information content (AvgIpc) is 3.15. The summed E-state index contributed by atoms with van der Waals surface area (Å²) in [7, 11) is 1.30. The Bertz CT molecular complexity index is 946. The molecule has 8 heteroatoms. The van der Waals surface area contributed by atoms with Gasteiger partial charge in [0, 0.05) is 32.5 Å². The monoisotopic (exact) mass is 463 g/mol. The van der Waals surface area contributed by atoms with E-state index < -0.39 is 23.8 Å². The Morgan fingerprint density at radius 1 is 1.29 bits per heavy atom. The van der Waals surface area contributed by atoms with Crippen molar-refractivity contribution in [2.75, 3.05) is 25.2 Å². The Balaban J connectivity index is 2.03. The zero-order valence-electron chi connectivity index (χ0n) is 18.6. The number of methoxy groups -OCH3 is 1. The third kappa shape index (κ3) is 4.75. The summed E-state index contributed by atoms with van der Waals surface area (Å²) in [5, 5.41) is 3.28. The summed E-state index contributed by atoms with van der Waals surface area (Å²) < 4.78 is 10.5. The fourth-order valence-electron chi connectivity index (χ4n) is 4.26. The van der Waals surface area contributed by atoms with Crippen molar-refractivity contribution in [2.45, 2.75) is 40.0 Å². The van der Waals surface area contributed by atoms with E-state index in [-0.39, 0.29) is 11.7 Å². The number of thioether (sulfide) groups is 1. The summed E-state index contributed by atoms with van der Waals surface area (Å²) >= 11 is 3.25. The van der Waals surface area contributed by atoms with Crippen LogP contribution in [0.15, 0.2) is 34.7 Å². The van der Waals surface area contributed by atoms with Gasteiger partial charge in [-0.15, -0.1) is 11.3 Å². The standard InChI is InChI=1S/C23H29NO5S2/c1-6-30-10-9-29-23(27)18-14(4)24-15-11-12(2)17(22(26)28-5)21(25)19(15)20(18)16-8-7-13(3)31-16/h7-8,12,17,20,24H,6,9-11H2,1-5H3/t12-,17+,20+/m0/s1. The number of Topliss-reactive ketones (excluding diaryl/α,β-unsaturated/α-hetero) is 1. The molecule has 0 amide bonds. The van der Waals surface area contributed by atoms with Crippen molar-refractivity contribution in [2.24, 2.45) is 11.8 Å². The van der Waals surface area contributed by atoms with Gasteiger partial charge in [0.25, 0.3) is 0 Å². The maximum Gasteiger partial charge on any atom is 0.336 e. The molecule has 0 saturated carbocycles. The maximum atomic E-state index is 13.6. The minimum Gasteiger partial charge on any atom is -0.468 e. The van der Waals surface area contributed by atoms with Gasteiger partial charge in [0.15, 0.2) is 5.78 Å². The molecule has 0 aromatic carbocycles. The number of hydrogen-bond donors (Lipinski definition) is 1. The fourth-order valence-corrected chi connectivity index (χ4v) is 5.75. The number of rotatable bonds is 7. The lowest BCUT2D eigenvalue weighted by Gasteiger charge is -2.37. The lowest BCUT2D eigenvalue weighted by atomic mass is 9.70. The Hall–Kier alpha value is -2.06. The molecular formula is C23H29NO5S2. The van der Waals surface area contributed by atoms with Crippen LogP contribution in [-0.2, 0) is 23.9 Å². The highest BCUT2D eigenvalue weighted by Crippen LogP contribution is 2.46. The van der Waals surface area contributed by atoms with Gasteiger partial charge in [-0.1, -0.05) is 13.8 Å². The number of ketones is 1. The molecule has 31 heavy (non-hydrogen) atoms. The molecule has 1 aromatic rings. The quantitative estimate of drug-likeness (QED) is 0.372. The average molecular weight is 464 g/mol. The number of carbonyl (C=O) groups is 3. The molecule has 3 rings (SSSR count). The zero-order valence-corrected chi connectivity index (χ0v) is 20.2. The van der Waals surface area contributed by atoms with Crippen LogP contribution in [0.5, 0.6) is 0 Å². The number of allylic oxidation sites excluding steroid dienone is 3. The summed E-state index contributed by atoms with van der Waals surface area (Å²) in [6.45, 7) is 8.08. The largest absolute Gasteiger partial charge is 0.468 e. The van der Waals surface area contributed by atoms with E-state index in [9.17, 15) is 14.4 Å². The van der Waals surface area contributed by atoms with Gasteiger partial charge in [-0.3, -0.25) is 9.59 Å². The number of aryl methyl sites for hydroxylation is 1. The molecule has 0 spiro atoms. The van der Waals surface area contributed by atoms with Gasteiger partial charge in [-0.05, 0) is 44.1 Å². The molecule has 0 saturated heterocycles. The van der Waals surface area contributed by atoms with Gasteiger partial charge in [-0.2, -0.15) is 11.8 Å². The van der Waals surface area contributed by atoms with Crippen molar-refractivity contribution in [1.29, 1.82) is 0 Å². The van der Waals surface area contributed by atoms with Crippen LogP contribution >= 0.6 is 23.1 Å². The Morgan fingerprint density at radius 2 is 2.03 bits per heavy atom. The second-order valence-corrected chi connectivity index (χ2v) is 10.5. The Labute approximate surface area is 191 Å². The zero-order chi connectivity index (χ0) is 22.7. The second kappa shape index (κ2) is 10.0. The molecule has 0 radical (unpaired) electrons. The number of hydrogen-bond acceptors (Lipinski definition) is 8. The van der Waals surface area contributed by atoms with Crippen LogP contribution in [0.25, 0.3) is 0 Å². The Morgan fingerprint density at radius 3 is 2.65 bits per heavy atom. The molecule has 1 aromatic heterocycles. The van der Waals surface area contributed by atoms with E-state index in [1.807, 2.05) is 32.9 Å². The van der Waals surface area contributed by atoms with Crippen molar-refractivity contribution in [3.05, 3.63) is 44.4 Å². The topological polar surface area (TPSA) is 81.7 Å². The first-order valence-electron chi connectivity index (χ1n) is 10.4. The normalized spacial score (nSPS) is 23.4. The predicted molar refractivity (Wildman–Crippen MR) is 123 cm³/mol. The molecule has 0 fully saturated rings. The number of thiophene rings is 1. The van der Waals surface area contributed by atoms with E-state index in [2.05, 4.69) is 12.2 Å². The van der Waals surface area contributed by atoms with Crippen LogP contribution < -0.4 is 5.32 Å². The summed E-state index contributed by atoms with van der Waals surface area (Å²) in [5.74, 6) is -1.16. The van der Waals surface area contributed by atoms with E-state index in [0.717, 1.165) is 27.0 Å². The third-order valence-electron chi connectivity index (χ3n) is 5.67. The molecule has 0 bridgehead atoms. The molecule has 1 N–H and O–H groups in total. The van der Waals surface area contributed by atoms with Crippen LogP contribution in [0.4, 0.5) is 0 Å². The molecule has 3 atom stereocenters. The highest BCUT2D eigenvalue weighted by atomic mass is 32.2. The van der Waals surface area contributed by atoms with E-state index in [1.165, 1.54) is 7.11 Å². The van der Waals surface area contributed by atoms with Crippen LogP contribution in [0.1, 0.15) is 42.9 Å². The van der Waals surface area contributed by atoms with Crippen molar-refractivity contribution in [3.63, 3.8) is 0 Å². The summed E-state index contributed by atoms with van der Waals surface area (Å²) in [6.07, 6.45) is 0.536. The molecule has 2 aliphatic rings. The number of ether oxygens (including phenoxy) is 2. The van der Waals surface area contributed by atoms with Gasteiger partial charge in [-0.25, -0.2) is 4.79 Å². The summed E-state index contributed by atoms with van der Waals surface area (Å²) in [4.78, 5) is 41.1. The van der Waals surface area contributed by atoms with E-state index >= 15 is 0 Å². The molecule has 168 valence electrons. The number of dihydropyridines is 1. The van der Waals surface area contributed by atoms with Crippen LogP contribution in [0.2, 0.25) is 0 Å². The summed E-state index contributed by atoms with van der Waals surface area (Å²) in [5.41, 5.74) is 2.40. The second-order valence-electron chi connectivity index (χ2n) is 7.82. The van der Waals surface area contributed by atoms with Crippen molar-refractivity contribution in [1.82, 2.24) is 5.32 Å². The minimum atomic E-state index is -0.870. The Kier molecular flexibility index (Phi) is 7.64. The molecule has 1 aliphatic carbocycles. The van der Waals surface area contributed by atoms with Gasteiger partial charge in [0.2, 0.25) is 0 Å². The van der Waals surface area contributed by atoms with Gasteiger partial charge >= 0.3 is 11.9 Å². The first-order valence-corrected chi connectivity index (χ1v) is 12.4. The number of nitrogens with one attached hydrogen (secondary N) is 1. The van der Waals surface area contributed by atoms with Crippen LogP contribution in [-0.4, -0.2) is 42.9 Å². The van der Waals surface area contributed by atoms with Crippen molar-refractivity contribution in [3.8, 4) is 0 Å². The van der Waals surface area contributed by atoms with Gasteiger partial charge < -0.3 is 14.8 Å². The van der Waals surface area contributed by atoms with Crippen LogP contribution in [0, 0.1) is 18.8 Å². The minimum absolute atomic E-state index is 0.190. The van der Waals surface area contributed by atoms with Crippen LogP contribution in [0.3, 0.4) is 0 Å². The fraction of sp³-hybridized carbons (Fsp3) is 0.522. The maximum absolute atomic E-state index is 13.6. The highest BCUT2D eigenvalue weighted by Gasteiger charge is 2.47. The van der Waals surface area contributed by atoms with E-state index in [1.54, 1.807) is 23.1 Å². The van der Waals surface area contributed by atoms with Crippen molar-refractivity contribution < 1.29 is 23.9 Å². The predicted octanol–water partition coefficient (Wildman–Crippen LogP) is 3.97. The lowest BCUT2D eigenvalue weighted by Crippen LogP contribution is -2.43. The first-order chi connectivity index (χ1) is 14.8.